The number of urea groups is 1. The number of fused-ring (bicyclic) bond motifs is 1. The number of sulfone groups is 1. The predicted octanol–water partition coefficient (Wildman–Crippen LogP) is 4.11. The maximum absolute atomic E-state index is 13.2. The van der Waals surface area contributed by atoms with Gasteiger partial charge in [-0.2, -0.15) is 0 Å². The number of nitrogens with one attached hydrogen (secondary N) is 2. The Bertz CT molecular complexity index is 1310. The van der Waals surface area contributed by atoms with Gasteiger partial charge in [0.2, 0.25) is 0 Å². The monoisotopic (exact) mass is 486 g/mol. The first-order chi connectivity index (χ1) is 15.5. The molecule has 0 atom stereocenters. The first-order valence-electron chi connectivity index (χ1n) is 10.6. The molecule has 0 bridgehead atoms. The van der Waals surface area contributed by atoms with E-state index in [4.69, 9.17) is 0 Å². The maximum Gasteiger partial charge on any atom is 0.324 e. The number of rotatable bonds is 3. The van der Waals surface area contributed by atoms with Crippen LogP contribution < -0.4 is 10.6 Å². The van der Waals surface area contributed by atoms with Gasteiger partial charge in [0.15, 0.2) is 9.84 Å². The van der Waals surface area contributed by atoms with Crippen molar-refractivity contribution in [2.45, 2.75) is 26.2 Å². The van der Waals surface area contributed by atoms with E-state index in [-0.39, 0.29) is 35.9 Å². The predicted molar refractivity (Wildman–Crippen MR) is 132 cm³/mol. The lowest BCUT2D eigenvalue weighted by Gasteiger charge is -2.26. The molecule has 0 saturated carbocycles. The summed E-state index contributed by atoms with van der Waals surface area (Å²) in [6, 6.07) is 10.5. The van der Waals surface area contributed by atoms with Gasteiger partial charge >= 0.3 is 6.03 Å². The Morgan fingerprint density at radius 3 is 2.45 bits per heavy atom. The van der Waals surface area contributed by atoms with Crippen LogP contribution in [0.5, 0.6) is 0 Å². The number of pyridine rings is 1. The summed E-state index contributed by atoms with van der Waals surface area (Å²) in [6.45, 7) is 6.40. The fraction of sp³-hybridized carbons (Fsp3) is 0.348. The van der Waals surface area contributed by atoms with Crippen LogP contribution in [0, 0.1) is 0 Å². The number of amides is 3. The SMILES string of the molecule is CC(C)(C)c1cc(C(=O)N2CCS(=O)(=O)CC2)c(NC(=O)Nc2ccnc3ccccc23)s1. The van der Waals surface area contributed by atoms with Gasteiger partial charge in [-0.05, 0) is 23.6 Å². The molecule has 33 heavy (non-hydrogen) atoms. The summed E-state index contributed by atoms with van der Waals surface area (Å²) >= 11 is 1.35. The summed E-state index contributed by atoms with van der Waals surface area (Å²) in [5, 5.41) is 6.93. The van der Waals surface area contributed by atoms with Crippen LogP contribution in [0.1, 0.15) is 36.0 Å². The van der Waals surface area contributed by atoms with Crippen molar-refractivity contribution in [3.63, 3.8) is 0 Å². The molecule has 0 radical (unpaired) electrons. The zero-order valence-electron chi connectivity index (χ0n) is 18.7. The van der Waals surface area contributed by atoms with Crippen LogP contribution in [0.4, 0.5) is 15.5 Å². The van der Waals surface area contributed by atoms with Crippen molar-refractivity contribution >= 4 is 54.7 Å². The van der Waals surface area contributed by atoms with Gasteiger partial charge in [0.25, 0.3) is 5.91 Å². The number of carbonyl (C=O) groups excluding carboxylic acids is 2. The first-order valence-corrected chi connectivity index (χ1v) is 13.2. The third-order valence-corrected chi connectivity index (χ3v) is 8.54. The van der Waals surface area contributed by atoms with Gasteiger partial charge in [0.05, 0.1) is 28.3 Å². The average Bonchev–Trinajstić information content (AvgIpc) is 3.18. The molecule has 1 aliphatic rings. The van der Waals surface area contributed by atoms with Gasteiger partial charge in [-0.1, -0.05) is 39.0 Å². The highest BCUT2D eigenvalue weighted by atomic mass is 32.2. The van der Waals surface area contributed by atoms with E-state index in [1.165, 1.54) is 16.2 Å². The van der Waals surface area contributed by atoms with Gasteiger partial charge in [-0.25, -0.2) is 13.2 Å². The number of benzene rings is 1. The van der Waals surface area contributed by atoms with Crippen molar-refractivity contribution in [3.05, 3.63) is 53.0 Å². The number of anilines is 2. The fourth-order valence-electron chi connectivity index (χ4n) is 3.56. The number of aromatic nitrogens is 1. The largest absolute Gasteiger partial charge is 0.337 e. The summed E-state index contributed by atoms with van der Waals surface area (Å²) in [7, 11) is -3.11. The average molecular weight is 487 g/mol. The molecule has 3 heterocycles. The molecule has 10 heteroatoms. The second kappa shape index (κ2) is 8.75. The second-order valence-electron chi connectivity index (χ2n) is 9.00. The van der Waals surface area contributed by atoms with Crippen LogP contribution in [0.3, 0.4) is 0 Å². The topological polar surface area (TPSA) is 108 Å². The molecule has 1 aliphatic heterocycles. The smallest absolute Gasteiger partial charge is 0.324 e. The third kappa shape index (κ3) is 5.17. The van der Waals surface area contributed by atoms with Gasteiger partial charge in [-0.3, -0.25) is 15.1 Å². The second-order valence-corrected chi connectivity index (χ2v) is 12.4. The first kappa shape index (κ1) is 23.2. The third-order valence-electron chi connectivity index (χ3n) is 5.46. The lowest BCUT2D eigenvalue weighted by Crippen LogP contribution is -2.43. The molecule has 1 fully saturated rings. The standard InChI is InChI=1S/C23H26N4O4S2/c1-23(2,3)19-14-16(21(28)27-10-12-33(30,31)13-11-27)20(32-19)26-22(29)25-18-8-9-24-17-7-5-4-6-15(17)18/h4-9,14H,10-13H2,1-3H3,(H2,24,25,26,29). The van der Waals surface area contributed by atoms with Crippen LogP contribution in [0.2, 0.25) is 0 Å². The number of thiophene rings is 1. The summed E-state index contributed by atoms with van der Waals surface area (Å²) in [6.07, 6.45) is 1.63. The van der Waals surface area contributed by atoms with Crippen molar-refractivity contribution in [3.8, 4) is 0 Å². The van der Waals surface area contributed by atoms with E-state index in [9.17, 15) is 18.0 Å². The molecular weight excluding hydrogens is 460 g/mol. The number of nitrogens with zero attached hydrogens (tertiary/aromatic N) is 2. The molecule has 1 aromatic carbocycles. The van der Waals surface area contributed by atoms with E-state index < -0.39 is 15.9 Å². The molecule has 3 aromatic rings. The van der Waals surface area contributed by atoms with Crippen LogP contribution in [0.15, 0.2) is 42.6 Å². The minimum atomic E-state index is -3.11. The Morgan fingerprint density at radius 1 is 1.06 bits per heavy atom. The van der Waals surface area contributed by atoms with Crippen LogP contribution in [-0.2, 0) is 15.3 Å². The van der Waals surface area contributed by atoms with Crippen LogP contribution >= 0.6 is 11.3 Å². The Balaban J connectivity index is 1.59. The van der Waals surface area contributed by atoms with Crippen molar-refractivity contribution in [2.75, 3.05) is 35.2 Å². The lowest BCUT2D eigenvalue weighted by molar-refractivity contribution is 0.0771. The number of para-hydroxylation sites is 1. The number of hydrogen-bond donors (Lipinski definition) is 2. The zero-order chi connectivity index (χ0) is 23.8. The molecule has 1 saturated heterocycles. The summed E-state index contributed by atoms with van der Waals surface area (Å²) < 4.78 is 23.5. The maximum atomic E-state index is 13.2. The van der Waals surface area contributed by atoms with Crippen molar-refractivity contribution < 1.29 is 18.0 Å². The van der Waals surface area contributed by atoms with Crippen molar-refractivity contribution in [1.82, 2.24) is 9.88 Å². The van der Waals surface area contributed by atoms with Gasteiger partial charge < -0.3 is 10.2 Å². The highest BCUT2D eigenvalue weighted by molar-refractivity contribution is 7.91. The summed E-state index contributed by atoms with van der Waals surface area (Å²) in [5.74, 6) is -0.373. The van der Waals surface area contributed by atoms with Gasteiger partial charge in [0, 0.05) is 29.5 Å². The summed E-state index contributed by atoms with van der Waals surface area (Å²) in [4.78, 5) is 32.9. The van der Waals surface area contributed by atoms with E-state index in [1.807, 2.05) is 45.0 Å². The quantitative estimate of drug-likeness (QED) is 0.579. The molecule has 2 aromatic heterocycles. The van der Waals surface area contributed by atoms with E-state index >= 15 is 0 Å². The van der Waals surface area contributed by atoms with Crippen molar-refractivity contribution in [2.24, 2.45) is 0 Å². The fourth-order valence-corrected chi connectivity index (χ4v) is 5.86. The van der Waals surface area contributed by atoms with Crippen LogP contribution in [0.25, 0.3) is 10.9 Å². The van der Waals surface area contributed by atoms with Crippen molar-refractivity contribution in [1.29, 1.82) is 0 Å². The summed E-state index contributed by atoms with van der Waals surface area (Å²) in [5.41, 5.74) is 1.53. The highest BCUT2D eigenvalue weighted by Crippen LogP contribution is 2.37. The molecule has 4 rings (SSSR count). The highest BCUT2D eigenvalue weighted by Gasteiger charge is 2.30. The molecule has 8 nitrogen and oxygen atoms in total. The molecule has 0 unspecified atom stereocenters. The molecular formula is C23H26N4O4S2. The van der Waals surface area contributed by atoms with Gasteiger partial charge in [0.1, 0.15) is 5.00 Å². The van der Waals surface area contributed by atoms with Crippen LogP contribution in [-0.4, -0.2) is 54.8 Å². The number of hydrogen-bond acceptors (Lipinski definition) is 6. The normalized spacial score (nSPS) is 15.9. The Kier molecular flexibility index (Phi) is 6.15. The van der Waals surface area contributed by atoms with Gasteiger partial charge in [-0.15, -0.1) is 11.3 Å². The zero-order valence-corrected chi connectivity index (χ0v) is 20.3. The molecule has 0 spiro atoms. The molecule has 2 N–H and O–H groups in total. The van der Waals surface area contributed by atoms with E-state index in [0.29, 0.717) is 16.3 Å². The Hall–Kier alpha value is -2.98. The number of carbonyl (C=O) groups is 2. The minimum absolute atomic E-state index is 0.0482. The molecule has 174 valence electrons. The van der Waals surface area contributed by atoms with E-state index in [2.05, 4.69) is 15.6 Å². The van der Waals surface area contributed by atoms with E-state index in [1.54, 1.807) is 18.3 Å². The van der Waals surface area contributed by atoms with E-state index in [0.717, 1.165) is 15.8 Å². The minimum Gasteiger partial charge on any atom is -0.337 e. The molecule has 3 amide bonds. The Morgan fingerprint density at radius 2 is 1.76 bits per heavy atom. The Labute approximate surface area is 196 Å². The molecule has 0 aliphatic carbocycles. The lowest BCUT2D eigenvalue weighted by atomic mass is 9.94.